The Morgan fingerprint density at radius 2 is 0.929 bits per heavy atom. The molecule has 2 saturated heterocycles. The van der Waals surface area contributed by atoms with Crippen LogP contribution >= 0.6 is 0 Å². The summed E-state index contributed by atoms with van der Waals surface area (Å²) in [5, 5.41) is -4.49. The summed E-state index contributed by atoms with van der Waals surface area (Å²) < 4.78 is 72.5. The van der Waals surface area contributed by atoms with E-state index >= 15 is 0 Å². The average Bonchev–Trinajstić information content (AvgIpc) is 3.32. The lowest BCUT2D eigenvalue weighted by molar-refractivity contribution is -0.198. The summed E-state index contributed by atoms with van der Waals surface area (Å²) in [5.74, 6) is -9.80. The molecule has 3 rings (SSSR count). The molecule has 22 heteroatoms. The van der Waals surface area contributed by atoms with E-state index in [1.165, 1.54) is 0 Å². The van der Waals surface area contributed by atoms with Crippen LogP contribution in [-0.4, -0.2) is 106 Å². The molecule has 0 aromatic carbocycles. The van der Waals surface area contributed by atoms with Gasteiger partial charge in [0, 0.05) is 0 Å². The van der Waals surface area contributed by atoms with Crippen LogP contribution in [0.5, 0.6) is 0 Å². The summed E-state index contributed by atoms with van der Waals surface area (Å²) in [5.41, 5.74) is 0. The molecule has 0 spiro atoms. The van der Waals surface area contributed by atoms with Crippen LogP contribution in [0.1, 0.15) is 51.4 Å². The fourth-order valence-corrected chi connectivity index (χ4v) is 5.10. The largest absolute Gasteiger partial charge is 0.458 e. The van der Waals surface area contributed by atoms with E-state index in [2.05, 4.69) is 9.68 Å². The van der Waals surface area contributed by atoms with Crippen molar-refractivity contribution in [3.63, 3.8) is 0 Å². The molecule has 0 radical (unpaired) electrons. The molecular formula is C20H22N2O18S2. The number of hydrogen-bond acceptors (Lipinski definition) is 16. The summed E-state index contributed by atoms with van der Waals surface area (Å²) in [6.07, 6.45) is -5.79. The zero-order valence-electron chi connectivity index (χ0n) is 21.1. The Balaban J connectivity index is 1.36. The van der Waals surface area contributed by atoms with Crippen molar-refractivity contribution in [2.24, 2.45) is 0 Å². The van der Waals surface area contributed by atoms with Gasteiger partial charge in [0.15, 0.2) is 10.5 Å². The van der Waals surface area contributed by atoms with Gasteiger partial charge in [0.1, 0.15) is 12.2 Å². The maximum Gasteiger partial charge on any atom is 0.333 e. The first kappa shape index (κ1) is 32.5. The van der Waals surface area contributed by atoms with E-state index in [1.54, 1.807) is 0 Å². The highest BCUT2D eigenvalue weighted by molar-refractivity contribution is 7.87. The smallest absolute Gasteiger partial charge is 0.333 e. The molecule has 20 nitrogen and oxygen atoms in total. The Kier molecular flexibility index (Phi) is 9.64. The van der Waals surface area contributed by atoms with Crippen molar-refractivity contribution in [2.75, 3.05) is 0 Å². The van der Waals surface area contributed by atoms with Crippen LogP contribution < -0.4 is 0 Å². The van der Waals surface area contributed by atoms with Crippen LogP contribution in [0, 0.1) is 0 Å². The van der Waals surface area contributed by atoms with Gasteiger partial charge in [-0.2, -0.15) is 16.8 Å². The molecule has 2 aliphatic heterocycles. The van der Waals surface area contributed by atoms with Gasteiger partial charge in [0.25, 0.3) is 43.9 Å². The normalized spacial score (nSPS) is 24.3. The first-order chi connectivity index (χ1) is 19.4. The highest BCUT2D eigenvalue weighted by Gasteiger charge is 2.49. The standard InChI is InChI=1S/C20H22N2O18S2/c23-13-7-11(41(31,32)33)19(29)21(13)39-17(27)5-3-15(25)37-9-1-2-10(9)38-16(26)4-6-18(28)40-22-14(24)8-12(20(22)30)42(34,35)36/h9-12H,1-8H2,(H,31,32,33)(H,34,35,36). The number of esters is 2. The van der Waals surface area contributed by atoms with E-state index in [-0.39, 0.29) is 23.0 Å². The third kappa shape index (κ3) is 7.83. The lowest BCUT2D eigenvalue weighted by atomic mass is 9.91. The minimum Gasteiger partial charge on any atom is -0.458 e. The molecular weight excluding hydrogens is 620 g/mol. The predicted octanol–water partition coefficient (Wildman–Crippen LogP) is -2.89. The number of hydrogen-bond donors (Lipinski definition) is 2. The monoisotopic (exact) mass is 642 g/mol. The van der Waals surface area contributed by atoms with Crippen molar-refractivity contribution in [1.82, 2.24) is 10.1 Å². The Morgan fingerprint density at radius 1 is 0.619 bits per heavy atom. The van der Waals surface area contributed by atoms with Crippen LogP contribution in [0.3, 0.4) is 0 Å². The topological polar surface area (TPSA) is 289 Å². The molecule has 0 aromatic heterocycles. The average molecular weight is 643 g/mol. The third-order valence-electron chi connectivity index (χ3n) is 6.01. The maximum absolute atomic E-state index is 12.0. The number of nitrogens with zero attached hydrogens (tertiary/aromatic N) is 2. The number of carbonyl (C=O) groups excluding carboxylic acids is 8. The number of amides is 4. The quantitative estimate of drug-likeness (QED) is 0.123. The maximum atomic E-state index is 12.0. The predicted molar refractivity (Wildman–Crippen MR) is 123 cm³/mol. The minimum atomic E-state index is -4.91. The van der Waals surface area contributed by atoms with E-state index in [9.17, 15) is 55.2 Å². The number of imide groups is 2. The Hall–Kier alpha value is -4.02. The van der Waals surface area contributed by atoms with Gasteiger partial charge in [-0.15, -0.1) is 10.1 Å². The zero-order chi connectivity index (χ0) is 31.6. The van der Waals surface area contributed by atoms with E-state index in [1.807, 2.05) is 0 Å². The van der Waals surface area contributed by atoms with Crippen molar-refractivity contribution < 1.29 is 83.4 Å². The molecule has 0 aromatic rings. The van der Waals surface area contributed by atoms with Gasteiger partial charge in [-0.1, -0.05) is 0 Å². The van der Waals surface area contributed by atoms with Gasteiger partial charge in [0.2, 0.25) is 0 Å². The summed E-state index contributed by atoms with van der Waals surface area (Å²) in [7, 11) is -9.83. The molecule has 4 atom stereocenters. The Labute approximate surface area is 235 Å². The molecule has 42 heavy (non-hydrogen) atoms. The summed E-state index contributed by atoms with van der Waals surface area (Å²) in [6, 6.07) is 0. The molecule has 0 bridgehead atoms. The van der Waals surface area contributed by atoms with E-state index in [4.69, 9.17) is 18.6 Å². The zero-order valence-corrected chi connectivity index (χ0v) is 22.7. The Bertz CT molecular complexity index is 1330. The van der Waals surface area contributed by atoms with Crippen LogP contribution in [-0.2, 0) is 77.7 Å². The van der Waals surface area contributed by atoms with Crippen LogP contribution in [0.2, 0.25) is 0 Å². The molecule has 4 unspecified atom stereocenters. The molecule has 4 amide bonds. The fourth-order valence-electron chi connectivity index (χ4n) is 3.69. The third-order valence-corrected chi connectivity index (χ3v) is 8.19. The second-order valence-electron chi connectivity index (χ2n) is 9.03. The molecule has 2 N–H and O–H groups in total. The van der Waals surface area contributed by atoms with Crippen molar-refractivity contribution in [2.45, 2.75) is 74.1 Å². The van der Waals surface area contributed by atoms with E-state index < -0.39 is 129 Å². The van der Waals surface area contributed by atoms with Gasteiger partial charge in [-0.3, -0.25) is 37.9 Å². The lowest BCUT2D eigenvalue weighted by Crippen LogP contribution is -2.44. The van der Waals surface area contributed by atoms with Crippen molar-refractivity contribution >= 4 is 67.7 Å². The highest BCUT2D eigenvalue weighted by atomic mass is 32.2. The van der Waals surface area contributed by atoms with Gasteiger partial charge >= 0.3 is 23.9 Å². The number of carbonyl (C=O) groups is 8. The molecule has 1 saturated carbocycles. The van der Waals surface area contributed by atoms with Gasteiger partial charge in [-0.05, 0) is 12.8 Å². The molecule has 1 aliphatic carbocycles. The van der Waals surface area contributed by atoms with Crippen LogP contribution in [0.15, 0.2) is 0 Å². The van der Waals surface area contributed by atoms with Gasteiger partial charge in [-0.25, -0.2) is 9.59 Å². The highest BCUT2D eigenvalue weighted by Crippen LogP contribution is 2.28. The Morgan fingerprint density at radius 3 is 1.19 bits per heavy atom. The van der Waals surface area contributed by atoms with E-state index in [0.29, 0.717) is 0 Å². The van der Waals surface area contributed by atoms with Crippen LogP contribution in [0.4, 0.5) is 0 Å². The van der Waals surface area contributed by atoms with Gasteiger partial charge in [0.05, 0.1) is 38.5 Å². The lowest BCUT2D eigenvalue weighted by Gasteiger charge is -2.35. The second kappa shape index (κ2) is 12.5. The van der Waals surface area contributed by atoms with Gasteiger partial charge < -0.3 is 19.1 Å². The molecule has 3 aliphatic rings. The number of ether oxygens (including phenoxy) is 2. The first-order valence-corrected chi connectivity index (χ1v) is 14.9. The first-order valence-electron chi connectivity index (χ1n) is 11.8. The summed E-state index contributed by atoms with van der Waals surface area (Å²) in [4.78, 5) is 104. The van der Waals surface area contributed by atoms with Crippen molar-refractivity contribution in [3.05, 3.63) is 0 Å². The number of rotatable bonds is 12. The molecule has 232 valence electrons. The van der Waals surface area contributed by atoms with E-state index in [0.717, 1.165) is 0 Å². The molecule has 2 heterocycles. The minimum absolute atomic E-state index is 0.125. The summed E-state index contributed by atoms with van der Waals surface area (Å²) >= 11 is 0. The van der Waals surface area contributed by atoms with Crippen molar-refractivity contribution in [1.29, 1.82) is 0 Å². The van der Waals surface area contributed by atoms with Crippen molar-refractivity contribution in [3.8, 4) is 0 Å². The number of hydroxylamine groups is 4. The second-order valence-corrected chi connectivity index (χ2v) is 12.2. The summed E-state index contributed by atoms with van der Waals surface area (Å²) in [6.45, 7) is 0. The molecule has 3 fully saturated rings. The SMILES string of the molecule is O=C(CCC(=O)ON1C(=O)CC(S(=O)(=O)O)C1=O)OC1CCC1OC(=O)CCC(=O)ON1C(=O)CC(S(=O)(=O)O)C1=O. The fraction of sp³-hybridized carbons (Fsp3) is 0.600. The van der Waals surface area contributed by atoms with Crippen LogP contribution in [0.25, 0.3) is 0 Å².